The number of amides is 1. The minimum absolute atomic E-state index is 0.132. The molecule has 2 rings (SSSR count). The number of nitrogens with one attached hydrogen (secondary N) is 2. The summed E-state index contributed by atoms with van der Waals surface area (Å²) in [6.45, 7) is 2.52. The van der Waals surface area contributed by atoms with E-state index in [2.05, 4.69) is 23.6 Å². The zero-order chi connectivity index (χ0) is 13.7. The highest BCUT2D eigenvalue weighted by Crippen LogP contribution is 2.17. The zero-order valence-electron chi connectivity index (χ0n) is 12.0. The van der Waals surface area contributed by atoms with Gasteiger partial charge in [0.1, 0.15) is 6.54 Å². The van der Waals surface area contributed by atoms with Crippen LogP contribution in [0.2, 0.25) is 0 Å². The van der Waals surface area contributed by atoms with Crippen molar-refractivity contribution in [2.75, 3.05) is 7.05 Å². The van der Waals surface area contributed by atoms with Gasteiger partial charge in [-0.2, -0.15) is 0 Å². The summed E-state index contributed by atoms with van der Waals surface area (Å²) in [7, 11) is 1.93. The van der Waals surface area contributed by atoms with Crippen molar-refractivity contribution < 1.29 is 4.79 Å². The topological polar surface area (TPSA) is 46.1 Å². The van der Waals surface area contributed by atoms with Gasteiger partial charge in [0.05, 0.1) is 0 Å². The molecule has 2 N–H and O–H groups in total. The Hall–Kier alpha value is -1.29. The Bertz CT molecular complexity index is 407. The highest BCUT2D eigenvalue weighted by molar-refractivity contribution is 5.76. The summed E-state index contributed by atoms with van der Waals surface area (Å²) in [4.78, 5) is 12.1. The first-order valence-corrected chi connectivity index (χ1v) is 7.32. The third-order valence-corrected chi connectivity index (χ3v) is 4.03. The van der Waals surface area contributed by atoms with E-state index in [1.165, 1.54) is 19.3 Å². The first-order valence-electron chi connectivity index (χ1n) is 7.32. The van der Waals surface area contributed by atoms with Gasteiger partial charge in [-0.3, -0.25) is 4.79 Å². The Morgan fingerprint density at radius 2 is 2.16 bits per heavy atom. The highest BCUT2D eigenvalue weighted by Gasteiger charge is 2.16. The lowest BCUT2D eigenvalue weighted by Gasteiger charge is -2.23. The van der Waals surface area contributed by atoms with Gasteiger partial charge in [-0.1, -0.05) is 19.3 Å². The molecular formula is C15H25N3O. The third-order valence-electron chi connectivity index (χ3n) is 4.03. The molecule has 19 heavy (non-hydrogen) atoms. The van der Waals surface area contributed by atoms with Crippen LogP contribution in [-0.2, 0) is 11.3 Å². The summed E-state index contributed by atoms with van der Waals surface area (Å²) in [6, 6.07) is 4.71. The molecule has 0 aromatic carbocycles. The SMILES string of the molecule is CNC(C)c1cccn1CC(=O)NC1CCCCC1. The minimum atomic E-state index is 0.132. The average Bonchev–Trinajstić information content (AvgIpc) is 2.87. The van der Waals surface area contributed by atoms with E-state index in [0.717, 1.165) is 18.5 Å². The van der Waals surface area contributed by atoms with Crippen LogP contribution in [0.15, 0.2) is 18.3 Å². The van der Waals surface area contributed by atoms with Crippen molar-refractivity contribution in [2.24, 2.45) is 0 Å². The standard InChI is InChI=1S/C15H25N3O/c1-12(16-2)14-9-6-10-18(14)11-15(19)17-13-7-4-3-5-8-13/h6,9-10,12-13,16H,3-5,7-8,11H2,1-2H3,(H,17,19). The Balaban J connectivity index is 1.89. The number of carbonyl (C=O) groups is 1. The lowest BCUT2D eigenvalue weighted by molar-refractivity contribution is -0.122. The highest BCUT2D eigenvalue weighted by atomic mass is 16.2. The summed E-state index contributed by atoms with van der Waals surface area (Å²) in [5.41, 5.74) is 1.15. The van der Waals surface area contributed by atoms with Crippen molar-refractivity contribution >= 4 is 5.91 Å². The van der Waals surface area contributed by atoms with E-state index in [-0.39, 0.29) is 11.9 Å². The molecular weight excluding hydrogens is 238 g/mol. The van der Waals surface area contributed by atoms with Gasteiger partial charge in [0.15, 0.2) is 0 Å². The van der Waals surface area contributed by atoms with Gasteiger partial charge < -0.3 is 15.2 Å². The van der Waals surface area contributed by atoms with E-state index < -0.39 is 0 Å². The molecule has 1 aliphatic rings. The number of nitrogens with zero attached hydrogens (tertiary/aromatic N) is 1. The number of aromatic nitrogens is 1. The molecule has 1 aliphatic carbocycles. The van der Waals surface area contributed by atoms with E-state index in [4.69, 9.17) is 0 Å². The van der Waals surface area contributed by atoms with Crippen molar-refractivity contribution in [3.8, 4) is 0 Å². The largest absolute Gasteiger partial charge is 0.352 e. The second-order valence-corrected chi connectivity index (χ2v) is 5.47. The van der Waals surface area contributed by atoms with Gasteiger partial charge in [0.25, 0.3) is 0 Å². The quantitative estimate of drug-likeness (QED) is 0.855. The molecule has 1 saturated carbocycles. The van der Waals surface area contributed by atoms with Crippen LogP contribution in [-0.4, -0.2) is 23.6 Å². The van der Waals surface area contributed by atoms with Gasteiger partial charge in [0.2, 0.25) is 5.91 Å². The molecule has 1 unspecified atom stereocenters. The van der Waals surface area contributed by atoms with Gasteiger partial charge in [-0.05, 0) is 38.9 Å². The van der Waals surface area contributed by atoms with Gasteiger partial charge in [0, 0.05) is 24.0 Å². The Kier molecular flexibility index (Phi) is 5.02. The smallest absolute Gasteiger partial charge is 0.240 e. The van der Waals surface area contributed by atoms with Crippen molar-refractivity contribution in [3.05, 3.63) is 24.0 Å². The van der Waals surface area contributed by atoms with E-state index in [0.29, 0.717) is 12.6 Å². The molecule has 0 spiro atoms. The van der Waals surface area contributed by atoms with Crippen LogP contribution in [0.25, 0.3) is 0 Å². The average molecular weight is 263 g/mol. The van der Waals surface area contributed by atoms with Crippen LogP contribution < -0.4 is 10.6 Å². The molecule has 4 heteroatoms. The maximum atomic E-state index is 12.1. The molecule has 1 aromatic heterocycles. The van der Waals surface area contributed by atoms with Crippen molar-refractivity contribution in [1.82, 2.24) is 15.2 Å². The second kappa shape index (κ2) is 6.75. The summed E-state index contributed by atoms with van der Waals surface area (Å²) < 4.78 is 2.03. The van der Waals surface area contributed by atoms with Crippen LogP contribution >= 0.6 is 0 Å². The van der Waals surface area contributed by atoms with E-state index >= 15 is 0 Å². The fourth-order valence-electron chi connectivity index (χ4n) is 2.79. The van der Waals surface area contributed by atoms with Crippen LogP contribution in [0.1, 0.15) is 50.8 Å². The second-order valence-electron chi connectivity index (χ2n) is 5.47. The van der Waals surface area contributed by atoms with Crippen molar-refractivity contribution in [2.45, 2.75) is 57.7 Å². The van der Waals surface area contributed by atoms with Gasteiger partial charge in [-0.25, -0.2) is 0 Å². The van der Waals surface area contributed by atoms with E-state index in [1.807, 2.05) is 23.9 Å². The molecule has 1 amide bonds. The summed E-state index contributed by atoms with van der Waals surface area (Å²) in [5, 5.41) is 6.37. The first-order chi connectivity index (χ1) is 9.20. The molecule has 1 heterocycles. The van der Waals surface area contributed by atoms with E-state index in [1.54, 1.807) is 0 Å². The van der Waals surface area contributed by atoms with E-state index in [9.17, 15) is 4.79 Å². The van der Waals surface area contributed by atoms with Crippen LogP contribution in [0, 0.1) is 0 Å². The van der Waals surface area contributed by atoms with Crippen molar-refractivity contribution in [1.29, 1.82) is 0 Å². The molecule has 0 bridgehead atoms. The molecule has 106 valence electrons. The Morgan fingerprint density at radius 3 is 2.84 bits per heavy atom. The van der Waals surface area contributed by atoms with Gasteiger partial charge >= 0.3 is 0 Å². The molecule has 0 radical (unpaired) electrons. The minimum Gasteiger partial charge on any atom is -0.352 e. The summed E-state index contributed by atoms with van der Waals surface area (Å²) >= 11 is 0. The predicted molar refractivity (Wildman–Crippen MR) is 76.9 cm³/mol. The molecule has 0 aliphatic heterocycles. The molecule has 1 aromatic rings. The number of rotatable bonds is 5. The number of carbonyl (C=O) groups excluding carboxylic acids is 1. The van der Waals surface area contributed by atoms with Gasteiger partial charge in [-0.15, -0.1) is 0 Å². The maximum absolute atomic E-state index is 12.1. The number of hydrogen-bond acceptors (Lipinski definition) is 2. The monoisotopic (exact) mass is 263 g/mol. The fraction of sp³-hybridized carbons (Fsp3) is 0.667. The lowest BCUT2D eigenvalue weighted by atomic mass is 9.95. The van der Waals surface area contributed by atoms with Crippen molar-refractivity contribution in [3.63, 3.8) is 0 Å². The summed E-state index contributed by atoms with van der Waals surface area (Å²) in [5.74, 6) is 0.132. The zero-order valence-corrected chi connectivity index (χ0v) is 12.0. The third kappa shape index (κ3) is 3.83. The summed E-state index contributed by atoms with van der Waals surface area (Å²) in [6.07, 6.45) is 8.05. The van der Waals surface area contributed by atoms with Crippen LogP contribution in [0.3, 0.4) is 0 Å². The number of hydrogen-bond donors (Lipinski definition) is 2. The molecule has 4 nitrogen and oxygen atoms in total. The lowest BCUT2D eigenvalue weighted by Crippen LogP contribution is -2.38. The molecule has 0 saturated heterocycles. The molecule has 1 fully saturated rings. The van der Waals surface area contributed by atoms with Crippen LogP contribution in [0.4, 0.5) is 0 Å². The fourth-order valence-corrected chi connectivity index (χ4v) is 2.79. The molecule has 1 atom stereocenters. The Labute approximate surface area is 115 Å². The predicted octanol–water partition coefficient (Wildman–Crippen LogP) is 2.22. The van der Waals surface area contributed by atoms with Crippen LogP contribution in [0.5, 0.6) is 0 Å². The normalized spacial score (nSPS) is 18.2. The Morgan fingerprint density at radius 1 is 1.42 bits per heavy atom. The first kappa shape index (κ1) is 14.1. The maximum Gasteiger partial charge on any atom is 0.240 e.